The van der Waals surface area contributed by atoms with Gasteiger partial charge in [-0.15, -0.1) is 0 Å². The summed E-state index contributed by atoms with van der Waals surface area (Å²) in [4.78, 5) is 16.1. The number of nitrogens with two attached hydrogens (primary N) is 1. The molecule has 22 heavy (non-hydrogen) atoms. The van der Waals surface area contributed by atoms with Crippen molar-refractivity contribution in [3.8, 4) is 0 Å². The van der Waals surface area contributed by atoms with Crippen molar-refractivity contribution in [2.75, 3.05) is 13.1 Å². The van der Waals surface area contributed by atoms with Crippen molar-refractivity contribution in [1.82, 2.24) is 10.6 Å². The molecule has 0 radical (unpaired) electrons. The van der Waals surface area contributed by atoms with Gasteiger partial charge in [-0.25, -0.2) is 0 Å². The van der Waals surface area contributed by atoms with Gasteiger partial charge in [0.25, 0.3) is 5.91 Å². The Hall–Kier alpha value is -1.98. The molecule has 4 N–H and O–H groups in total. The molecule has 1 aromatic rings. The number of amides is 1. The Morgan fingerprint density at radius 2 is 2.18 bits per heavy atom. The predicted octanol–water partition coefficient (Wildman–Crippen LogP) is 1.94. The Morgan fingerprint density at radius 3 is 2.86 bits per heavy atom. The van der Waals surface area contributed by atoms with Gasteiger partial charge in [0.05, 0.1) is 6.26 Å². The van der Waals surface area contributed by atoms with Gasteiger partial charge in [0.15, 0.2) is 11.7 Å². The Labute approximate surface area is 131 Å². The maximum atomic E-state index is 11.8. The summed E-state index contributed by atoms with van der Waals surface area (Å²) in [6, 6.07) is 2.25. The van der Waals surface area contributed by atoms with Crippen LogP contribution in [0.25, 0.3) is 0 Å². The van der Waals surface area contributed by atoms with E-state index in [4.69, 9.17) is 10.2 Å². The van der Waals surface area contributed by atoms with Gasteiger partial charge in [0.2, 0.25) is 0 Å². The number of carbonyl (C=O) groups is 1. The van der Waals surface area contributed by atoms with E-state index in [1.54, 1.807) is 6.07 Å². The number of rotatable bonds is 6. The summed E-state index contributed by atoms with van der Waals surface area (Å²) in [5.41, 5.74) is 6.72. The summed E-state index contributed by atoms with van der Waals surface area (Å²) in [7, 11) is 0. The van der Waals surface area contributed by atoms with Gasteiger partial charge in [0.1, 0.15) is 0 Å². The monoisotopic (exact) mass is 306 g/mol. The molecule has 1 saturated carbocycles. The van der Waals surface area contributed by atoms with Crippen LogP contribution in [0.3, 0.4) is 0 Å². The van der Waals surface area contributed by atoms with Crippen molar-refractivity contribution in [3.05, 3.63) is 23.7 Å². The largest absolute Gasteiger partial charge is 0.459 e. The number of carbonyl (C=O) groups excluding carboxylic acids is 1. The minimum atomic E-state index is -0.181. The molecule has 0 aliphatic heterocycles. The maximum Gasteiger partial charge on any atom is 0.287 e. The molecule has 0 aromatic carbocycles. The maximum absolute atomic E-state index is 11.8. The van der Waals surface area contributed by atoms with Crippen molar-refractivity contribution < 1.29 is 9.21 Å². The van der Waals surface area contributed by atoms with E-state index >= 15 is 0 Å². The van der Waals surface area contributed by atoms with E-state index < -0.39 is 0 Å². The molecular weight excluding hydrogens is 280 g/mol. The highest BCUT2D eigenvalue weighted by atomic mass is 16.3. The minimum Gasteiger partial charge on any atom is -0.459 e. The summed E-state index contributed by atoms with van der Waals surface area (Å²) >= 11 is 0. The van der Waals surface area contributed by atoms with E-state index in [1.807, 2.05) is 6.92 Å². The van der Waals surface area contributed by atoms with Crippen LogP contribution in [0.2, 0.25) is 0 Å². The Bertz CT molecular complexity index is 504. The molecule has 1 aliphatic carbocycles. The van der Waals surface area contributed by atoms with E-state index in [0.717, 1.165) is 12.0 Å². The van der Waals surface area contributed by atoms with Crippen molar-refractivity contribution in [3.63, 3.8) is 0 Å². The fraction of sp³-hybridized carbons (Fsp3) is 0.625. The Balaban J connectivity index is 1.61. The van der Waals surface area contributed by atoms with Crippen LogP contribution in [0.5, 0.6) is 0 Å². The Kier molecular flexibility index (Phi) is 6.30. The molecule has 2 rings (SSSR count). The lowest BCUT2D eigenvalue weighted by molar-refractivity contribution is 0.0925. The first-order valence-electron chi connectivity index (χ1n) is 8.05. The number of aliphatic imine (C=N–C) groups is 1. The zero-order chi connectivity index (χ0) is 15.8. The molecule has 1 aliphatic rings. The number of nitrogens with one attached hydrogen (secondary N) is 2. The van der Waals surface area contributed by atoms with Gasteiger partial charge >= 0.3 is 0 Å². The van der Waals surface area contributed by atoms with Gasteiger partial charge < -0.3 is 20.8 Å². The summed E-state index contributed by atoms with van der Waals surface area (Å²) in [5, 5.41) is 6.09. The van der Waals surface area contributed by atoms with Crippen LogP contribution in [-0.2, 0) is 0 Å². The molecule has 0 atom stereocenters. The summed E-state index contributed by atoms with van der Waals surface area (Å²) in [6.45, 7) is 3.00. The number of furan rings is 1. The van der Waals surface area contributed by atoms with Crippen LogP contribution in [0.15, 0.2) is 21.7 Å². The van der Waals surface area contributed by atoms with Crippen molar-refractivity contribution in [1.29, 1.82) is 0 Å². The molecule has 6 nitrogen and oxygen atoms in total. The van der Waals surface area contributed by atoms with Gasteiger partial charge in [-0.2, -0.15) is 0 Å². The van der Waals surface area contributed by atoms with Gasteiger partial charge in [-0.1, -0.05) is 19.3 Å². The summed E-state index contributed by atoms with van der Waals surface area (Å²) < 4.78 is 5.14. The van der Waals surface area contributed by atoms with Crippen LogP contribution in [-0.4, -0.2) is 31.0 Å². The highest BCUT2D eigenvalue weighted by molar-refractivity contribution is 5.92. The number of guanidine groups is 1. The van der Waals surface area contributed by atoms with Crippen LogP contribution in [0.4, 0.5) is 0 Å². The van der Waals surface area contributed by atoms with Crippen molar-refractivity contribution >= 4 is 11.9 Å². The molecule has 0 unspecified atom stereocenters. The molecule has 1 aromatic heterocycles. The second-order valence-electron chi connectivity index (χ2n) is 5.79. The number of hydrogen-bond acceptors (Lipinski definition) is 3. The second-order valence-corrected chi connectivity index (χ2v) is 5.79. The molecule has 6 heteroatoms. The fourth-order valence-electron chi connectivity index (χ4n) is 2.67. The standard InChI is InChI=1S/C16H26N4O2/c1-12-8-11-22-14(12)15(21)18-9-5-10-19-16(17)20-13-6-3-2-4-7-13/h8,11,13H,2-7,9-10H2,1H3,(H,18,21)(H3,17,19,20). The quantitative estimate of drug-likeness (QED) is 0.425. The number of nitrogens with zero attached hydrogens (tertiary/aromatic N) is 1. The third-order valence-corrected chi connectivity index (χ3v) is 3.93. The average molecular weight is 306 g/mol. The molecule has 1 heterocycles. The van der Waals surface area contributed by atoms with Crippen LogP contribution in [0.1, 0.15) is 54.6 Å². The van der Waals surface area contributed by atoms with E-state index in [1.165, 1.54) is 38.4 Å². The first kappa shape index (κ1) is 16.4. The summed E-state index contributed by atoms with van der Waals surface area (Å²) in [5.74, 6) is 0.710. The summed E-state index contributed by atoms with van der Waals surface area (Å²) in [6.07, 6.45) is 8.48. The average Bonchev–Trinajstić information content (AvgIpc) is 2.94. The smallest absolute Gasteiger partial charge is 0.287 e. The van der Waals surface area contributed by atoms with Gasteiger partial charge in [-0.05, 0) is 32.3 Å². The number of hydrogen-bond donors (Lipinski definition) is 3. The molecule has 0 bridgehead atoms. The first-order valence-corrected chi connectivity index (χ1v) is 8.05. The molecule has 1 fully saturated rings. The first-order chi connectivity index (χ1) is 10.7. The SMILES string of the molecule is Cc1ccoc1C(=O)NCCCN=C(N)NC1CCCCC1. The van der Waals surface area contributed by atoms with E-state index in [9.17, 15) is 4.79 Å². The fourth-order valence-corrected chi connectivity index (χ4v) is 2.67. The highest BCUT2D eigenvalue weighted by Gasteiger charge is 2.13. The third-order valence-electron chi connectivity index (χ3n) is 3.93. The van der Waals surface area contributed by atoms with Crippen LogP contribution < -0.4 is 16.4 Å². The van der Waals surface area contributed by atoms with E-state index in [2.05, 4.69) is 15.6 Å². The predicted molar refractivity (Wildman–Crippen MR) is 86.9 cm³/mol. The molecule has 122 valence electrons. The Morgan fingerprint density at radius 1 is 1.41 bits per heavy atom. The third kappa shape index (κ3) is 5.09. The van der Waals surface area contributed by atoms with E-state index in [-0.39, 0.29) is 5.91 Å². The van der Waals surface area contributed by atoms with E-state index in [0.29, 0.717) is 30.9 Å². The number of aryl methyl sites for hydroxylation is 1. The van der Waals surface area contributed by atoms with Gasteiger partial charge in [-0.3, -0.25) is 9.79 Å². The normalized spacial score (nSPS) is 16.5. The van der Waals surface area contributed by atoms with Gasteiger partial charge in [0, 0.05) is 24.7 Å². The molecule has 0 saturated heterocycles. The lowest BCUT2D eigenvalue weighted by Gasteiger charge is -2.23. The second kappa shape index (κ2) is 8.46. The molecule has 1 amide bonds. The molecule has 0 spiro atoms. The lowest BCUT2D eigenvalue weighted by atomic mass is 9.96. The van der Waals surface area contributed by atoms with Crippen LogP contribution >= 0.6 is 0 Å². The lowest BCUT2D eigenvalue weighted by Crippen LogP contribution is -2.41. The molecular formula is C16H26N4O2. The zero-order valence-electron chi connectivity index (χ0n) is 13.2. The van der Waals surface area contributed by atoms with Crippen molar-refractivity contribution in [2.45, 2.75) is 51.5 Å². The van der Waals surface area contributed by atoms with Crippen LogP contribution in [0, 0.1) is 6.92 Å². The highest BCUT2D eigenvalue weighted by Crippen LogP contribution is 2.16. The zero-order valence-corrected chi connectivity index (χ0v) is 13.2. The minimum absolute atomic E-state index is 0.181. The van der Waals surface area contributed by atoms with Crippen molar-refractivity contribution in [2.24, 2.45) is 10.7 Å². The topological polar surface area (TPSA) is 92.7 Å².